The Bertz CT molecular complexity index is 820. The van der Waals surface area contributed by atoms with Gasteiger partial charge in [-0.2, -0.15) is 13.2 Å². The first-order valence-electron chi connectivity index (χ1n) is 8.80. The van der Waals surface area contributed by atoms with Gasteiger partial charge in [-0.05, 0) is 67.2 Å². The Balaban J connectivity index is 0.00000280. The molecule has 0 spiro atoms. The van der Waals surface area contributed by atoms with Gasteiger partial charge >= 0.3 is 6.18 Å². The van der Waals surface area contributed by atoms with Crippen molar-refractivity contribution in [2.75, 3.05) is 19.6 Å². The van der Waals surface area contributed by atoms with Gasteiger partial charge in [-0.1, -0.05) is 18.2 Å². The van der Waals surface area contributed by atoms with Crippen molar-refractivity contribution >= 4 is 18.3 Å². The van der Waals surface area contributed by atoms with Gasteiger partial charge in [0, 0.05) is 6.54 Å². The zero-order chi connectivity index (χ0) is 19.4. The molecule has 0 aromatic heterocycles. The molecular weight excluding hydrogens is 396 g/mol. The number of halogens is 5. The minimum Gasteiger partial charge on any atom is -0.352 e. The molecule has 3 rings (SSSR count). The summed E-state index contributed by atoms with van der Waals surface area (Å²) in [7, 11) is 0. The molecule has 2 aromatic rings. The molecule has 1 heterocycles. The lowest BCUT2D eigenvalue weighted by Crippen LogP contribution is -2.27. The summed E-state index contributed by atoms with van der Waals surface area (Å²) in [6, 6.07) is 8.20. The molecular formula is C20H21ClF4N2O. The van der Waals surface area contributed by atoms with Crippen LogP contribution in [-0.4, -0.2) is 25.5 Å². The van der Waals surface area contributed by atoms with Crippen LogP contribution in [0.1, 0.15) is 28.8 Å². The van der Waals surface area contributed by atoms with Gasteiger partial charge in [0.05, 0.1) is 11.1 Å². The van der Waals surface area contributed by atoms with Crippen LogP contribution in [0.15, 0.2) is 42.5 Å². The number of alkyl halides is 3. The van der Waals surface area contributed by atoms with Crippen LogP contribution >= 0.6 is 12.4 Å². The second kappa shape index (κ2) is 9.39. The Hall–Kier alpha value is -2.12. The Morgan fingerprint density at radius 2 is 1.96 bits per heavy atom. The van der Waals surface area contributed by atoms with E-state index >= 15 is 0 Å². The van der Waals surface area contributed by atoms with E-state index in [0.29, 0.717) is 12.5 Å². The summed E-state index contributed by atoms with van der Waals surface area (Å²) in [4.78, 5) is 12.5. The average Bonchev–Trinajstić information content (AvgIpc) is 3.14. The van der Waals surface area contributed by atoms with E-state index in [9.17, 15) is 22.4 Å². The Labute approximate surface area is 166 Å². The van der Waals surface area contributed by atoms with Crippen LogP contribution in [-0.2, 0) is 6.18 Å². The predicted octanol–water partition coefficient (Wildman–Crippen LogP) is 4.66. The number of hydrogen-bond acceptors (Lipinski definition) is 2. The topological polar surface area (TPSA) is 41.1 Å². The zero-order valence-electron chi connectivity index (χ0n) is 15.0. The number of carbonyl (C=O) groups excluding carboxylic acids is 1. The van der Waals surface area contributed by atoms with Gasteiger partial charge in [0.2, 0.25) is 0 Å². The molecule has 1 unspecified atom stereocenters. The van der Waals surface area contributed by atoms with Gasteiger partial charge < -0.3 is 10.6 Å². The second-order valence-electron chi connectivity index (χ2n) is 6.67. The van der Waals surface area contributed by atoms with Gasteiger partial charge in [0.25, 0.3) is 5.91 Å². The molecule has 2 aromatic carbocycles. The third-order valence-electron chi connectivity index (χ3n) is 4.73. The van der Waals surface area contributed by atoms with E-state index < -0.39 is 23.5 Å². The predicted molar refractivity (Wildman–Crippen MR) is 102 cm³/mol. The van der Waals surface area contributed by atoms with Crippen LogP contribution in [0, 0.1) is 11.7 Å². The summed E-state index contributed by atoms with van der Waals surface area (Å²) in [5, 5.41) is 6.00. The molecule has 2 N–H and O–H groups in total. The van der Waals surface area contributed by atoms with E-state index in [1.54, 1.807) is 0 Å². The average molecular weight is 417 g/mol. The number of rotatable bonds is 5. The molecule has 0 bridgehead atoms. The van der Waals surface area contributed by atoms with Crippen LogP contribution < -0.4 is 10.6 Å². The number of benzene rings is 2. The highest BCUT2D eigenvalue weighted by Gasteiger charge is 2.30. The van der Waals surface area contributed by atoms with Crippen molar-refractivity contribution in [1.82, 2.24) is 10.6 Å². The maximum atomic E-state index is 13.7. The van der Waals surface area contributed by atoms with Crippen molar-refractivity contribution in [3.8, 4) is 11.1 Å². The quantitative estimate of drug-likeness (QED) is 0.696. The molecule has 3 nitrogen and oxygen atoms in total. The highest BCUT2D eigenvalue weighted by molar-refractivity contribution is 6.00. The van der Waals surface area contributed by atoms with Crippen molar-refractivity contribution < 1.29 is 22.4 Å². The van der Waals surface area contributed by atoms with Gasteiger partial charge in [0.15, 0.2) is 0 Å². The first kappa shape index (κ1) is 22.2. The lowest BCUT2D eigenvalue weighted by atomic mass is 9.97. The van der Waals surface area contributed by atoms with Gasteiger partial charge in [-0.3, -0.25) is 4.79 Å². The molecule has 0 saturated carbocycles. The van der Waals surface area contributed by atoms with Crippen molar-refractivity contribution in [3.63, 3.8) is 0 Å². The van der Waals surface area contributed by atoms with Crippen molar-refractivity contribution in [2.24, 2.45) is 5.92 Å². The van der Waals surface area contributed by atoms with Crippen molar-refractivity contribution in [2.45, 2.75) is 19.0 Å². The van der Waals surface area contributed by atoms with E-state index in [1.807, 2.05) is 0 Å². The van der Waals surface area contributed by atoms with Gasteiger partial charge in [-0.15, -0.1) is 12.4 Å². The highest BCUT2D eigenvalue weighted by atomic mass is 35.5. The third-order valence-corrected chi connectivity index (χ3v) is 4.73. The van der Waals surface area contributed by atoms with Crippen LogP contribution in [0.25, 0.3) is 11.1 Å². The normalized spacial score (nSPS) is 16.5. The first-order valence-corrected chi connectivity index (χ1v) is 8.80. The first-order chi connectivity index (χ1) is 12.8. The Morgan fingerprint density at radius 3 is 2.64 bits per heavy atom. The standard InChI is InChI=1S/C20H20F4N2O.ClH/c21-16-4-5-17(14-2-1-3-15(10-14)20(22,23)24)18(11-16)19(27)26-9-7-13-6-8-25-12-13;/h1-5,10-11,13,25H,6-9,12H2,(H,26,27);1H. The number of carbonyl (C=O) groups is 1. The third kappa shape index (κ3) is 5.45. The fourth-order valence-electron chi connectivity index (χ4n) is 3.27. The van der Waals surface area contributed by atoms with Crippen LogP contribution in [0.5, 0.6) is 0 Å². The highest BCUT2D eigenvalue weighted by Crippen LogP contribution is 2.33. The minimum atomic E-state index is -4.49. The molecule has 1 aliphatic heterocycles. The van der Waals surface area contributed by atoms with E-state index in [-0.39, 0.29) is 29.1 Å². The molecule has 0 radical (unpaired) electrons. The Kier molecular flexibility index (Phi) is 7.43. The molecule has 152 valence electrons. The molecule has 1 saturated heterocycles. The number of hydrogen-bond donors (Lipinski definition) is 2. The summed E-state index contributed by atoms with van der Waals surface area (Å²) in [5.41, 5.74) is -0.305. The smallest absolute Gasteiger partial charge is 0.352 e. The summed E-state index contributed by atoms with van der Waals surface area (Å²) in [6.07, 6.45) is -2.65. The molecule has 28 heavy (non-hydrogen) atoms. The van der Waals surface area contributed by atoms with E-state index in [1.165, 1.54) is 18.2 Å². The van der Waals surface area contributed by atoms with E-state index in [0.717, 1.165) is 50.2 Å². The molecule has 0 aliphatic carbocycles. The maximum Gasteiger partial charge on any atom is 0.416 e. The number of amides is 1. The van der Waals surface area contributed by atoms with Crippen LogP contribution in [0.4, 0.5) is 17.6 Å². The lowest BCUT2D eigenvalue weighted by molar-refractivity contribution is -0.137. The summed E-state index contributed by atoms with van der Waals surface area (Å²) < 4.78 is 52.6. The van der Waals surface area contributed by atoms with Crippen LogP contribution in [0.2, 0.25) is 0 Å². The zero-order valence-corrected chi connectivity index (χ0v) is 15.8. The summed E-state index contributed by atoms with van der Waals surface area (Å²) in [6.45, 7) is 2.30. The van der Waals surface area contributed by atoms with Crippen LogP contribution in [0.3, 0.4) is 0 Å². The molecule has 1 amide bonds. The second-order valence-corrected chi connectivity index (χ2v) is 6.67. The molecule has 1 fully saturated rings. The van der Waals surface area contributed by atoms with E-state index in [2.05, 4.69) is 10.6 Å². The van der Waals surface area contributed by atoms with Crippen molar-refractivity contribution in [1.29, 1.82) is 0 Å². The van der Waals surface area contributed by atoms with Gasteiger partial charge in [-0.25, -0.2) is 4.39 Å². The fourth-order valence-corrected chi connectivity index (χ4v) is 3.27. The lowest BCUT2D eigenvalue weighted by Gasteiger charge is -2.14. The molecule has 1 atom stereocenters. The van der Waals surface area contributed by atoms with E-state index in [4.69, 9.17) is 0 Å². The maximum absolute atomic E-state index is 13.7. The summed E-state index contributed by atoms with van der Waals surface area (Å²) >= 11 is 0. The monoisotopic (exact) mass is 416 g/mol. The molecule has 8 heteroatoms. The number of nitrogens with one attached hydrogen (secondary N) is 2. The Morgan fingerprint density at radius 1 is 1.18 bits per heavy atom. The fraction of sp³-hybridized carbons (Fsp3) is 0.350. The largest absolute Gasteiger partial charge is 0.416 e. The summed E-state index contributed by atoms with van der Waals surface area (Å²) in [5.74, 6) is -0.621. The molecule has 1 aliphatic rings. The minimum absolute atomic E-state index is 0. The van der Waals surface area contributed by atoms with Gasteiger partial charge in [0.1, 0.15) is 5.82 Å². The SMILES string of the molecule is Cl.O=C(NCCC1CCNC1)c1cc(F)ccc1-c1cccc(C(F)(F)F)c1. The van der Waals surface area contributed by atoms with Crippen molar-refractivity contribution in [3.05, 3.63) is 59.4 Å².